The van der Waals surface area contributed by atoms with Crippen molar-refractivity contribution in [3.05, 3.63) is 33.2 Å². The molecule has 1 aromatic heterocycles. The Bertz CT molecular complexity index is 855. The number of carbonyl (C=O) groups excluding carboxylic acids is 2. The molecule has 0 radical (unpaired) electrons. The molecule has 1 fully saturated rings. The lowest BCUT2D eigenvalue weighted by Gasteiger charge is -2.28. The van der Waals surface area contributed by atoms with Gasteiger partial charge < -0.3 is 19.5 Å². The van der Waals surface area contributed by atoms with Gasteiger partial charge in [-0.25, -0.2) is 4.79 Å². The lowest BCUT2D eigenvalue weighted by molar-refractivity contribution is -0.144. The fraction of sp³-hybridized carbons (Fsp3) is 0.720. The number of methoxy groups -OCH3 is 1. The van der Waals surface area contributed by atoms with E-state index in [-0.39, 0.29) is 17.0 Å². The molecule has 0 saturated carbocycles. The van der Waals surface area contributed by atoms with Gasteiger partial charge in [0.1, 0.15) is 11.6 Å². The normalized spacial score (nSPS) is 18.4. The molecule has 1 saturated heterocycles. The van der Waals surface area contributed by atoms with Crippen LogP contribution in [0.2, 0.25) is 0 Å². The zero-order valence-corrected chi connectivity index (χ0v) is 20.0. The molecule has 1 aromatic rings. The number of nitrogens with zero attached hydrogens (tertiary/aromatic N) is 2. The van der Waals surface area contributed by atoms with Gasteiger partial charge in [-0.2, -0.15) is 0 Å². The van der Waals surface area contributed by atoms with Crippen molar-refractivity contribution < 1.29 is 14.3 Å². The van der Waals surface area contributed by atoms with Crippen LogP contribution >= 0.6 is 0 Å². The van der Waals surface area contributed by atoms with Gasteiger partial charge in [-0.15, -0.1) is 0 Å². The van der Waals surface area contributed by atoms with Crippen LogP contribution in [0.5, 0.6) is 0 Å². The summed E-state index contributed by atoms with van der Waals surface area (Å²) < 4.78 is 6.70. The van der Waals surface area contributed by atoms with Crippen LogP contribution in [-0.4, -0.2) is 54.1 Å². The first-order valence-corrected chi connectivity index (χ1v) is 12.3. The molecule has 178 valence electrons. The second-order valence-corrected chi connectivity index (χ2v) is 9.52. The third-order valence-electron chi connectivity index (χ3n) is 6.84. The van der Waals surface area contributed by atoms with Gasteiger partial charge >= 0.3 is 5.97 Å². The maximum atomic E-state index is 13.5. The number of pyridine rings is 1. The molecule has 2 heterocycles. The third-order valence-corrected chi connectivity index (χ3v) is 6.84. The summed E-state index contributed by atoms with van der Waals surface area (Å²) >= 11 is 0. The van der Waals surface area contributed by atoms with E-state index in [0.29, 0.717) is 6.54 Å². The van der Waals surface area contributed by atoms with E-state index >= 15 is 0 Å². The number of aromatic nitrogens is 1. The Morgan fingerprint density at radius 1 is 1.00 bits per heavy atom. The zero-order chi connectivity index (χ0) is 23.1. The Kier molecular flexibility index (Phi) is 8.91. The predicted molar refractivity (Wildman–Crippen MR) is 125 cm³/mol. The van der Waals surface area contributed by atoms with Gasteiger partial charge in [0.25, 0.3) is 11.5 Å². The highest BCUT2D eigenvalue weighted by Gasteiger charge is 2.28. The lowest BCUT2D eigenvalue weighted by atomic mass is 9.95. The van der Waals surface area contributed by atoms with Crippen molar-refractivity contribution in [1.82, 2.24) is 14.8 Å². The molecule has 32 heavy (non-hydrogen) atoms. The molecule has 2 aliphatic rings. The van der Waals surface area contributed by atoms with Gasteiger partial charge in [0.15, 0.2) is 0 Å². The number of hydrogen-bond acceptors (Lipinski definition) is 5. The summed E-state index contributed by atoms with van der Waals surface area (Å²) in [5, 5.41) is 2.75. The van der Waals surface area contributed by atoms with Crippen molar-refractivity contribution in [2.45, 2.75) is 84.2 Å². The first-order valence-electron chi connectivity index (χ1n) is 12.3. The van der Waals surface area contributed by atoms with Crippen LogP contribution in [0, 0.1) is 5.92 Å². The molecule has 7 heteroatoms. The molecule has 0 aromatic carbocycles. The average molecular weight is 446 g/mol. The molecule has 1 N–H and O–H groups in total. The second kappa shape index (κ2) is 11.6. The molecule has 3 rings (SSSR count). The molecule has 1 amide bonds. The Hall–Kier alpha value is -2.15. The number of ether oxygens (including phenoxy) is 1. The van der Waals surface area contributed by atoms with Crippen LogP contribution in [0.15, 0.2) is 10.9 Å². The molecule has 1 aliphatic carbocycles. The summed E-state index contributed by atoms with van der Waals surface area (Å²) in [6.45, 7) is 7.28. The fourth-order valence-corrected chi connectivity index (χ4v) is 4.90. The van der Waals surface area contributed by atoms with Gasteiger partial charge in [-0.05, 0) is 69.2 Å². The lowest BCUT2D eigenvalue weighted by Crippen LogP contribution is -2.47. The van der Waals surface area contributed by atoms with Crippen molar-refractivity contribution in [3.63, 3.8) is 0 Å². The first-order chi connectivity index (χ1) is 15.4. The highest BCUT2D eigenvalue weighted by Crippen LogP contribution is 2.21. The number of nitrogens with one attached hydrogen (secondary N) is 1. The Morgan fingerprint density at radius 3 is 2.31 bits per heavy atom. The maximum absolute atomic E-state index is 13.5. The number of rotatable bonds is 7. The summed E-state index contributed by atoms with van der Waals surface area (Å²) in [5.74, 6) is -1.13. The first kappa shape index (κ1) is 24.5. The monoisotopic (exact) mass is 445 g/mol. The number of fused-ring (bicyclic) bond motifs is 1. The summed E-state index contributed by atoms with van der Waals surface area (Å²) in [5.41, 5.74) is 2.09. The summed E-state index contributed by atoms with van der Waals surface area (Å²) in [7, 11) is 1.31. The molecule has 7 nitrogen and oxygen atoms in total. The van der Waals surface area contributed by atoms with Crippen LogP contribution in [0.3, 0.4) is 0 Å². The minimum Gasteiger partial charge on any atom is -0.467 e. The Balaban J connectivity index is 1.92. The van der Waals surface area contributed by atoms with E-state index < -0.39 is 17.9 Å². The van der Waals surface area contributed by atoms with E-state index in [4.69, 9.17) is 4.74 Å². The average Bonchev–Trinajstić information content (AvgIpc) is 2.77. The number of aryl methyl sites for hydroxylation is 1. The van der Waals surface area contributed by atoms with Crippen molar-refractivity contribution in [3.8, 4) is 0 Å². The second-order valence-electron chi connectivity index (χ2n) is 9.52. The molecule has 1 unspecified atom stereocenters. The number of likely N-dealkylation sites (tertiary alicyclic amines) is 1. The van der Waals surface area contributed by atoms with Gasteiger partial charge in [0.2, 0.25) is 0 Å². The number of hydrogen-bond donors (Lipinski definition) is 1. The van der Waals surface area contributed by atoms with Crippen LogP contribution in [0.1, 0.15) is 80.4 Å². The quantitative estimate of drug-likeness (QED) is 0.653. The number of amides is 1. The van der Waals surface area contributed by atoms with E-state index in [1.165, 1.54) is 39.2 Å². The standard InChI is InChI=1S/C25H39N3O4/c1-18(2)22(25(31)32-3)26-23(29)20-17-19-11-7-4-5-8-12-21(19)28(24(20)30)16-15-27-13-9-6-10-14-27/h17-18,22H,4-16H2,1-3H3,(H,26,29). The van der Waals surface area contributed by atoms with Crippen molar-refractivity contribution in [2.24, 2.45) is 5.92 Å². The molecule has 0 bridgehead atoms. The minimum absolute atomic E-state index is 0.137. The van der Waals surface area contributed by atoms with Crippen LogP contribution in [-0.2, 0) is 28.9 Å². The van der Waals surface area contributed by atoms with Gasteiger partial charge in [0, 0.05) is 18.8 Å². The fourth-order valence-electron chi connectivity index (χ4n) is 4.90. The highest BCUT2D eigenvalue weighted by atomic mass is 16.5. The Labute approximate surface area is 191 Å². The summed E-state index contributed by atoms with van der Waals surface area (Å²) in [4.78, 5) is 41.2. The minimum atomic E-state index is -0.782. The van der Waals surface area contributed by atoms with Crippen LogP contribution < -0.4 is 10.9 Å². The SMILES string of the molecule is COC(=O)C(NC(=O)c1cc2c(n(CCN3CCCCC3)c1=O)CCCCCC2)C(C)C. The Morgan fingerprint density at radius 2 is 1.66 bits per heavy atom. The summed E-state index contributed by atoms with van der Waals surface area (Å²) in [6.07, 6.45) is 9.93. The van der Waals surface area contributed by atoms with E-state index in [1.807, 2.05) is 18.4 Å². The van der Waals surface area contributed by atoms with E-state index in [2.05, 4.69) is 10.2 Å². The highest BCUT2D eigenvalue weighted by molar-refractivity contribution is 5.96. The molecular weight excluding hydrogens is 406 g/mol. The van der Waals surface area contributed by atoms with Gasteiger partial charge in [-0.3, -0.25) is 9.59 Å². The third kappa shape index (κ3) is 6.00. The predicted octanol–water partition coefficient (Wildman–Crippen LogP) is 2.92. The topological polar surface area (TPSA) is 80.6 Å². The number of carbonyl (C=O) groups is 2. The van der Waals surface area contributed by atoms with E-state index in [9.17, 15) is 14.4 Å². The smallest absolute Gasteiger partial charge is 0.328 e. The van der Waals surface area contributed by atoms with Crippen LogP contribution in [0.25, 0.3) is 0 Å². The maximum Gasteiger partial charge on any atom is 0.328 e. The van der Waals surface area contributed by atoms with Gasteiger partial charge in [0.05, 0.1) is 7.11 Å². The molecule has 1 atom stereocenters. The van der Waals surface area contributed by atoms with Crippen LogP contribution in [0.4, 0.5) is 0 Å². The number of piperidine rings is 1. The van der Waals surface area contributed by atoms with E-state index in [0.717, 1.165) is 56.6 Å². The van der Waals surface area contributed by atoms with Gasteiger partial charge in [-0.1, -0.05) is 33.1 Å². The summed E-state index contributed by atoms with van der Waals surface area (Å²) in [6, 6.07) is 1.00. The molecule has 1 aliphatic heterocycles. The zero-order valence-electron chi connectivity index (χ0n) is 20.0. The van der Waals surface area contributed by atoms with Crippen molar-refractivity contribution in [1.29, 1.82) is 0 Å². The number of esters is 1. The van der Waals surface area contributed by atoms with E-state index in [1.54, 1.807) is 6.07 Å². The van der Waals surface area contributed by atoms with Crippen molar-refractivity contribution >= 4 is 11.9 Å². The molecular formula is C25H39N3O4. The van der Waals surface area contributed by atoms with Crippen molar-refractivity contribution in [2.75, 3.05) is 26.7 Å². The molecule has 0 spiro atoms. The largest absolute Gasteiger partial charge is 0.467 e.